The van der Waals surface area contributed by atoms with Crippen molar-refractivity contribution in [1.29, 1.82) is 0 Å². The van der Waals surface area contributed by atoms with Crippen LogP contribution < -0.4 is 14.8 Å². The fourth-order valence-corrected chi connectivity index (χ4v) is 3.13. The number of aromatic hydroxyl groups is 1. The van der Waals surface area contributed by atoms with Crippen molar-refractivity contribution >= 4 is 18.0 Å². The van der Waals surface area contributed by atoms with Crippen LogP contribution in [-0.4, -0.2) is 68.1 Å². The highest BCUT2D eigenvalue weighted by molar-refractivity contribution is 5.92. The van der Waals surface area contributed by atoms with E-state index in [-0.39, 0.29) is 18.3 Å². The van der Waals surface area contributed by atoms with Crippen molar-refractivity contribution in [3.63, 3.8) is 0 Å². The highest BCUT2D eigenvalue weighted by Crippen LogP contribution is 2.41. The predicted octanol–water partition coefficient (Wildman–Crippen LogP) is -1.05. The van der Waals surface area contributed by atoms with Gasteiger partial charge in [0.05, 0.1) is 12.1 Å². The summed E-state index contributed by atoms with van der Waals surface area (Å²) >= 11 is 0. The summed E-state index contributed by atoms with van der Waals surface area (Å²) in [7, 11) is 0. The number of phenols is 1. The molecule has 1 aromatic carbocycles. The Kier molecular flexibility index (Phi) is 4.96. The van der Waals surface area contributed by atoms with Crippen molar-refractivity contribution in [2.45, 2.75) is 36.7 Å². The monoisotopic (exact) mass is 381 g/mol. The van der Waals surface area contributed by atoms with Gasteiger partial charge in [-0.2, -0.15) is 0 Å². The van der Waals surface area contributed by atoms with E-state index in [0.717, 1.165) is 6.08 Å². The molecule has 3 rings (SSSR count). The molecule has 0 unspecified atom stereocenters. The average Bonchev–Trinajstić information content (AvgIpc) is 3.06. The van der Waals surface area contributed by atoms with Gasteiger partial charge in [-0.25, -0.2) is 4.79 Å². The van der Waals surface area contributed by atoms with Gasteiger partial charge in [0.1, 0.15) is 6.10 Å². The van der Waals surface area contributed by atoms with Crippen molar-refractivity contribution in [2.75, 3.05) is 6.79 Å². The average molecular weight is 381 g/mol. The van der Waals surface area contributed by atoms with Crippen molar-refractivity contribution in [2.24, 2.45) is 0 Å². The molecule has 1 heterocycles. The van der Waals surface area contributed by atoms with E-state index in [0.29, 0.717) is 11.3 Å². The Morgan fingerprint density at radius 1 is 1.22 bits per heavy atom. The van der Waals surface area contributed by atoms with Gasteiger partial charge >= 0.3 is 5.97 Å². The van der Waals surface area contributed by atoms with Crippen LogP contribution in [0.15, 0.2) is 18.2 Å². The van der Waals surface area contributed by atoms with Gasteiger partial charge in [-0.15, -0.1) is 0 Å². The summed E-state index contributed by atoms with van der Waals surface area (Å²) in [6.07, 6.45) is -1.44. The first-order valence-electron chi connectivity index (χ1n) is 8.13. The van der Waals surface area contributed by atoms with Crippen LogP contribution in [-0.2, 0) is 9.59 Å². The molecule has 10 heteroatoms. The number of rotatable bonds is 4. The standard InChI is InChI=1S/C17H19NO9/c19-10-3-8(4-12-15(10)27-7-26-12)1-2-13(21)18-9-5-17(25,16(23)24)6-11(20)14(9)22/h1-4,9,11,14,19-20,22,25H,5-7H2,(H,18,21)(H,23,24)/b2-1-/t9-,11-,14+,17-/m1/s1. The van der Waals surface area contributed by atoms with Crippen LogP contribution in [0.25, 0.3) is 6.08 Å². The third-order valence-electron chi connectivity index (χ3n) is 4.54. The van der Waals surface area contributed by atoms with E-state index in [1.807, 2.05) is 0 Å². The first-order chi connectivity index (χ1) is 12.7. The lowest BCUT2D eigenvalue weighted by Crippen LogP contribution is -2.60. The number of hydrogen-bond acceptors (Lipinski definition) is 8. The number of carbonyl (C=O) groups is 2. The number of amides is 1. The van der Waals surface area contributed by atoms with Crippen LogP contribution >= 0.6 is 0 Å². The van der Waals surface area contributed by atoms with Crippen molar-refractivity contribution in [3.05, 3.63) is 23.8 Å². The van der Waals surface area contributed by atoms with Gasteiger partial charge in [-0.1, -0.05) is 0 Å². The summed E-state index contributed by atoms with van der Waals surface area (Å²) in [5.74, 6) is -1.84. The first-order valence-corrected chi connectivity index (χ1v) is 8.13. The fourth-order valence-electron chi connectivity index (χ4n) is 3.13. The van der Waals surface area contributed by atoms with Gasteiger partial charge in [0, 0.05) is 18.9 Å². The predicted molar refractivity (Wildman–Crippen MR) is 89.0 cm³/mol. The van der Waals surface area contributed by atoms with Gasteiger partial charge in [-0.3, -0.25) is 4.79 Å². The molecule has 6 N–H and O–H groups in total. The number of aliphatic hydroxyl groups excluding tert-OH is 2. The van der Waals surface area contributed by atoms with Crippen LogP contribution in [0.5, 0.6) is 17.2 Å². The second kappa shape index (κ2) is 7.06. The van der Waals surface area contributed by atoms with Crippen LogP contribution in [0, 0.1) is 0 Å². The van der Waals surface area contributed by atoms with Crippen LogP contribution in [0.1, 0.15) is 18.4 Å². The Labute approximate surface area is 153 Å². The molecule has 27 heavy (non-hydrogen) atoms. The number of fused-ring (bicyclic) bond motifs is 1. The molecule has 1 aromatic rings. The molecule has 0 radical (unpaired) electrons. The molecule has 146 valence electrons. The van der Waals surface area contributed by atoms with Gasteiger partial charge < -0.3 is 40.3 Å². The Hall–Kier alpha value is -2.82. The quantitative estimate of drug-likeness (QED) is 0.357. The zero-order valence-corrected chi connectivity index (χ0v) is 14.0. The van der Waals surface area contributed by atoms with Gasteiger partial charge in [0.2, 0.25) is 18.4 Å². The highest BCUT2D eigenvalue weighted by atomic mass is 16.7. The summed E-state index contributed by atoms with van der Waals surface area (Å²) < 4.78 is 10.2. The number of aliphatic hydroxyl groups is 3. The van der Waals surface area contributed by atoms with E-state index in [1.165, 1.54) is 12.1 Å². The molecular weight excluding hydrogens is 362 g/mol. The van der Waals surface area contributed by atoms with E-state index in [1.54, 1.807) is 6.07 Å². The van der Waals surface area contributed by atoms with Crippen molar-refractivity contribution in [3.8, 4) is 17.2 Å². The molecule has 2 aliphatic rings. The summed E-state index contributed by atoms with van der Waals surface area (Å²) in [5.41, 5.74) is -1.80. The van der Waals surface area contributed by atoms with E-state index in [9.17, 15) is 30.0 Å². The molecule has 0 bridgehead atoms. The minimum atomic E-state index is -2.25. The fraction of sp³-hybridized carbons (Fsp3) is 0.412. The van der Waals surface area contributed by atoms with Crippen molar-refractivity contribution in [1.82, 2.24) is 5.32 Å². The van der Waals surface area contributed by atoms with Gasteiger partial charge in [0.15, 0.2) is 17.1 Å². The molecule has 1 aliphatic heterocycles. The molecule has 4 atom stereocenters. The van der Waals surface area contributed by atoms with E-state index >= 15 is 0 Å². The van der Waals surface area contributed by atoms with Crippen molar-refractivity contribution < 1.29 is 44.6 Å². The Bertz CT molecular complexity index is 793. The van der Waals surface area contributed by atoms with Gasteiger partial charge in [-0.05, 0) is 23.8 Å². The number of nitrogens with one attached hydrogen (secondary N) is 1. The number of ether oxygens (including phenoxy) is 2. The molecule has 10 nitrogen and oxygen atoms in total. The molecular formula is C17H19NO9. The maximum Gasteiger partial charge on any atom is 0.335 e. The molecule has 1 saturated carbocycles. The topological polar surface area (TPSA) is 166 Å². The number of hydrogen-bond donors (Lipinski definition) is 6. The lowest BCUT2D eigenvalue weighted by atomic mass is 9.78. The number of aliphatic carboxylic acids is 1. The maximum atomic E-state index is 12.1. The number of carboxylic acid groups (broad SMARTS) is 1. The zero-order chi connectivity index (χ0) is 19.8. The molecule has 0 saturated heterocycles. The summed E-state index contributed by atoms with van der Waals surface area (Å²) in [4.78, 5) is 23.3. The highest BCUT2D eigenvalue weighted by Gasteiger charge is 2.49. The Morgan fingerprint density at radius 3 is 2.67 bits per heavy atom. The lowest BCUT2D eigenvalue weighted by Gasteiger charge is -2.39. The summed E-state index contributed by atoms with van der Waals surface area (Å²) in [6.45, 7) is -0.0229. The normalized spacial score (nSPS) is 29.7. The summed E-state index contributed by atoms with van der Waals surface area (Å²) in [5, 5.41) is 51.1. The number of carboxylic acids is 1. The lowest BCUT2D eigenvalue weighted by molar-refractivity contribution is -0.175. The Morgan fingerprint density at radius 2 is 1.96 bits per heavy atom. The number of benzene rings is 1. The van der Waals surface area contributed by atoms with Crippen LogP contribution in [0.3, 0.4) is 0 Å². The minimum absolute atomic E-state index is 0.0229. The molecule has 1 aliphatic carbocycles. The minimum Gasteiger partial charge on any atom is -0.504 e. The largest absolute Gasteiger partial charge is 0.504 e. The molecule has 1 amide bonds. The molecule has 0 aromatic heterocycles. The number of carbonyl (C=O) groups excluding carboxylic acids is 1. The van der Waals surface area contributed by atoms with Gasteiger partial charge in [0.25, 0.3) is 0 Å². The third kappa shape index (κ3) is 3.82. The van der Waals surface area contributed by atoms with E-state index in [4.69, 9.17) is 14.6 Å². The summed E-state index contributed by atoms with van der Waals surface area (Å²) in [6, 6.07) is 1.76. The Balaban J connectivity index is 1.69. The second-order valence-corrected chi connectivity index (χ2v) is 6.53. The SMILES string of the molecule is O=C(/C=C\c1cc(O)c2c(c1)OCO2)N[C@@H]1C[C@](O)(C(=O)O)C[C@@H](O)[C@H]1O. The third-order valence-corrected chi connectivity index (χ3v) is 4.54. The zero-order valence-electron chi connectivity index (χ0n) is 14.0. The van der Waals surface area contributed by atoms with Crippen LogP contribution in [0.2, 0.25) is 0 Å². The smallest absolute Gasteiger partial charge is 0.335 e. The maximum absolute atomic E-state index is 12.1. The van der Waals surface area contributed by atoms with Crippen LogP contribution in [0.4, 0.5) is 0 Å². The number of phenolic OH excluding ortho intramolecular Hbond substituents is 1. The molecule has 1 fully saturated rings. The molecule has 0 spiro atoms. The first kappa shape index (κ1) is 19.0. The van der Waals surface area contributed by atoms with E-state index in [2.05, 4.69) is 5.32 Å². The second-order valence-electron chi connectivity index (χ2n) is 6.53. The van der Waals surface area contributed by atoms with E-state index < -0.39 is 48.6 Å².